The van der Waals surface area contributed by atoms with Crippen molar-refractivity contribution in [1.29, 1.82) is 0 Å². The fraction of sp³-hybridized carbons (Fsp3) is 0.385. The Morgan fingerprint density at radius 1 is 0.941 bits per heavy atom. The lowest BCUT2D eigenvalue weighted by Gasteiger charge is -2.23. The molecule has 4 aromatic rings. The van der Waals surface area contributed by atoms with E-state index in [1.165, 1.54) is 41.6 Å². The van der Waals surface area contributed by atoms with Crippen LogP contribution in [0.4, 0.5) is 0 Å². The van der Waals surface area contributed by atoms with Gasteiger partial charge in [-0.1, -0.05) is 36.4 Å². The van der Waals surface area contributed by atoms with Crippen molar-refractivity contribution < 1.29 is 8.42 Å². The standard InChI is InChI=1S/C26H28N4O2S2/c31-34(32)15-10-23(11-16-34)30-26(22-8-7-20-9-14-33-24(20)17-22)27-25(28-30)21-5-3-19(4-6-21)18-29-12-1-2-13-29/h3-9,14,17,23H,1-2,10-13,15-16,18H2. The van der Waals surface area contributed by atoms with Gasteiger partial charge in [0, 0.05) is 22.4 Å². The zero-order valence-electron chi connectivity index (χ0n) is 19.1. The lowest BCUT2D eigenvalue weighted by molar-refractivity contribution is 0.331. The molecule has 8 heteroatoms. The average molecular weight is 493 g/mol. The van der Waals surface area contributed by atoms with E-state index in [0.29, 0.717) is 18.7 Å². The van der Waals surface area contributed by atoms with Crippen LogP contribution in [0.2, 0.25) is 0 Å². The monoisotopic (exact) mass is 492 g/mol. The highest BCUT2D eigenvalue weighted by Gasteiger charge is 2.28. The summed E-state index contributed by atoms with van der Waals surface area (Å²) in [5.41, 5.74) is 3.32. The quantitative estimate of drug-likeness (QED) is 0.384. The smallest absolute Gasteiger partial charge is 0.181 e. The first-order valence-corrected chi connectivity index (χ1v) is 14.7. The number of hydrogen-bond acceptors (Lipinski definition) is 6. The Balaban J connectivity index is 1.35. The molecule has 2 aliphatic rings. The number of benzene rings is 2. The number of aromatic nitrogens is 3. The van der Waals surface area contributed by atoms with Crippen molar-refractivity contribution in [2.75, 3.05) is 24.6 Å². The van der Waals surface area contributed by atoms with Crippen LogP contribution in [-0.2, 0) is 16.4 Å². The highest BCUT2D eigenvalue weighted by Crippen LogP contribution is 2.33. The molecule has 176 valence electrons. The van der Waals surface area contributed by atoms with E-state index in [1.54, 1.807) is 11.3 Å². The zero-order valence-corrected chi connectivity index (χ0v) is 20.7. The van der Waals surface area contributed by atoms with E-state index in [-0.39, 0.29) is 17.5 Å². The number of sulfone groups is 1. The minimum absolute atomic E-state index is 0.0354. The molecule has 2 aliphatic heterocycles. The maximum atomic E-state index is 12.0. The second-order valence-electron chi connectivity index (χ2n) is 9.44. The Hall–Kier alpha value is -2.55. The van der Waals surface area contributed by atoms with Crippen LogP contribution in [-0.4, -0.2) is 52.7 Å². The lowest BCUT2D eigenvalue weighted by Crippen LogP contribution is -2.26. The second kappa shape index (κ2) is 8.91. The van der Waals surface area contributed by atoms with Crippen LogP contribution >= 0.6 is 11.3 Å². The molecule has 6 rings (SSSR count). The summed E-state index contributed by atoms with van der Waals surface area (Å²) >= 11 is 1.71. The largest absolute Gasteiger partial charge is 0.299 e. The van der Waals surface area contributed by atoms with Gasteiger partial charge in [0.1, 0.15) is 9.84 Å². The minimum atomic E-state index is -2.95. The minimum Gasteiger partial charge on any atom is -0.299 e. The molecule has 0 bridgehead atoms. The van der Waals surface area contributed by atoms with Crippen molar-refractivity contribution in [3.63, 3.8) is 0 Å². The number of thiophene rings is 1. The first kappa shape index (κ1) is 21.9. The van der Waals surface area contributed by atoms with Gasteiger partial charge >= 0.3 is 0 Å². The van der Waals surface area contributed by atoms with E-state index in [0.717, 1.165) is 23.5 Å². The third-order valence-corrected chi connectivity index (χ3v) is 9.63. The van der Waals surface area contributed by atoms with Crippen LogP contribution in [0.5, 0.6) is 0 Å². The zero-order chi connectivity index (χ0) is 23.1. The number of rotatable bonds is 5. The molecule has 2 fully saturated rings. The van der Waals surface area contributed by atoms with E-state index >= 15 is 0 Å². The number of nitrogens with zero attached hydrogens (tertiary/aromatic N) is 4. The van der Waals surface area contributed by atoms with Crippen molar-refractivity contribution in [3.05, 3.63) is 59.5 Å². The molecule has 0 unspecified atom stereocenters. The van der Waals surface area contributed by atoms with Gasteiger partial charge in [-0.05, 0) is 67.2 Å². The van der Waals surface area contributed by atoms with Crippen molar-refractivity contribution >= 4 is 31.3 Å². The SMILES string of the molecule is O=S1(=O)CCC(n2nc(-c3ccc(CN4CCCC4)cc3)nc2-c2ccc3ccsc3c2)CC1. The number of fused-ring (bicyclic) bond motifs is 1. The van der Waals surface area contributed by atoms with Gasteiger partial charge in [0.25, 0.3) is 0 Å². The fourth-order valence-corrected chi connectivity index (χ4v) is 7.37. The Labute approximate surface area is 204 Å². The Morgan fingerprint density at radius 2 is 1.68 bits per heavy atom. The molecule has 0 atom stereocenters. The third-order valence-electron chi connectivity index (χ3n) is 7.03. The third kappa shape index (κ3) is 4.42. The number of hydrogen-bond donors (Lipinski definition) is 0. The average Bonchev–Trinajstić information content (AvgIpc) is 3.60. The highest BCUT2D eigenvalue weighted by atomic mass is 32.2. The predicted molar refractivity (Wildman–Crippen MR) is 138 cm³/mol. The summed E-state index contributed by atoms with van der Waals surface area (Å²) in [5, 5.41) is 8.25. The molecule has 0 saturated carbocycles. The normalized spacial score (nSPS) is 19.2. The predicted octanol–water partition coefficient (Wildman–Crippen LogP) is 5.17. The van der Waals surface area contributed by atoms with E-state index in [4.69, 9.17) is 10.1 Å². The Kier molecular flexibility index (Phi) is 5.75. The molecular weight excluding hydrogens is 464 g/mol. The summed E-state index contributed by atoms with van der Waals surface area (Å²) < 4.78 is 27.3. The molecule has 0 N–H and O–H groups in total. The molecule has 0 aliphatic carbocycles. The number of likely N-dealkylation sites (tertiary alicyclic amines) is 1. The van der Waals surface area contributed by atoms with Gasteiger partial charge in [-0.25, -0.2) is 18.1 Å². The van der Waals surface area contributed by atoms with Gasteiger partial charge < -0.3 is 0 Å². The van der Waals surface area contributed by atoms with Crippen molar-refractivity contribution in [1.82, 2.24) is 19.7 Å². The fourth-order valence-electron chi connectivity index (χ4n) is 5.07. The second-order valence-corrected chi connectivity index (χ2v) is 12.7. The Bertz CT molecular complexity index is 1400. The first-order valence-electron chi connectivity index (χ1n) is 12.0. The van der Waals surface area contributed by atoms with Gasteiger partial charge in [0.2, 0.25) is 0 Å². The van der Waals surface area contributed by atoms with Crippen LogP contribution in [0.15, 0.2) is 53.9 Å². The van der Waals surface area contributed by atoms with Gasteiger partial charge in [0.15, 0.2) is 11.6 Å². The van der Waals surface area contributed by atoms with Crippen LogP contribution < -0.4 is 0 Å². The van der Waals surface area contributed by atoms with Crippen LogP contribution in [0.25, 0.3) is 32.9 Å². The first-order chi connectivity index (χ1) is 16.5. The van der Waals surface area contributed by atoms with Crippen LogP contribution in [0.3, 0.4) is 0 Å². The van der Waals surface area contributed by atoms with Crippen molar-refractivity contribution in [2.45, 2.75) is 38.3 Å². The molecule has 0 radical (unpaired) electrons. The summed E-state index contributed by atoms with van der Waals surface area (Å²) in [6.45, 7) is 3.36. The molecule has 2 aromatic heterocycles. The van der Waals surface area contributed by atoms with Gasteiger partial charge in [0.05, 0.1) is 17.5 Å². The van der Waals surface area contributed by atoms with E-state index in [2.05, 4.69) is 58.8 Å². The van der Waals surface area contributed by atoms with Gasteiger partial charge in [-0.2, -0.15) is 5.10 Å². The molecule has 2 saturated heterocycles. The maximum absolute atomic E-state index is 12.0. The summed E-state index contributed by atoms with van der Waals surface area (Å²) in [7, 11) is -2.95. The van der Waals surface area contributed by atoms with E-state index in [9.17, 15) is 8.42 Å². The molecular formula is C26H28N4O2S2. The molecule has 2 aromatic carbocycles. The summed E-state index contributed by atoms with van der Waals surface area (Å²) in [5.74, 6) is 1.93. The van der Waals surface area contributed by atoms with Crippen LogP contribution in [0.1, 0.15) is 37.3 Å². The molecule has 0 amide bonds. The summed E-state index contributed by atoms with van der Waals surface area (Å²) in [4.78, 5) is 7.48. The van der Waals surface area contributed by atoms with Gasteiger partial charge in [-0.3, -0.25) is 4.90 Å². The lowest BCUT2D eigenvalue weighted by atomic mass is 10.1. The molecule has 0 spiro atoms. The summed E-state index contributed by atoms with van der Waals surface area (Å²) in [6.07, 6.45) is 3.74. The molecule has 6 nitrogen and oxygen atoms in total. The summed E-state index contributed by atoms with van der Waals surface area (Å²) in [6, 6.07) is 17.1. The molecule has 34 heavy (non-hydrogen) atoms. The highest BCUT2D eigenvalue weighted by molar-refractivity contribution is 7.91. The molecule has 4 heterocycles. The Morgan fingerprint density at radius 3 is 2.44 bits per heavy atom. The van der Waals surface area contributed by atoms with Crippen molar-refractivity contribution in [3.8, 4) is 22.8 Å². The van der Waals surface area contributed by atoms with Crippen LogP contribution in [0, 0.1) is 0 Å². The van der Waals surface area contributed by atoms with E-state index in [1.807, 2.05) is 4.68 Å². The maximum Gasteiger partial charge on any atom is 0.181 e. The van der Waals surface area contributed by atoms with Gasteiger partial charge in [-0.15, -0.1) is 11.3 Å². The van der Waals surface area contributed by atoms with E-state index < -0.39 is 9.84 Å². The topological polar surface area (TPSA) is 68.1 Å². The van der Waals surface area contributed by atoms with Crippen molar-refractivity contribution in [2.24, 2.45) is 0 Å².